The van der Waals surface area contributed by atoms with Gasteiger partial charge in [0.25, 0.3) is 0 Å². The predicted octanol–water partition coefficient (Wildman–Crippen LogP) is 2.51. The van der Waals surface area contributed by atoms with Crippen LogP contribution in [-0.4, -0.2) is 17.5 Å². The van der Waals surface area contributed by atoms with Gasteiger partial charge < -0.3 is 5.11 Å². The van der Waals surface area contributed by atoms with Crippen LogP contribution in [0.25, 0.3) is 0 Å². The van der Waals surface area contributed by atoms with Gasteiger partial charge in [-0.05, 0) is 12.8 Å². The van der Waals surface area contributed by atoms with Crippen LogP contribution in [0, 0.1) is 0 Å². The van der Waals surface area contributed by atoms with Gasteiger partial charge in [0.2, 0.25) is 0 Å². The van der Waals surface area contributed by atoms with E-state index in [4.69, 9.17) is 5.11 Å². The minimum absolute atomic E-state index is 0.349. The van der Waals surface area contributed by atoms with Crippen LogP contribution in [0.1, 0.15) is 32.1 Å². The van der Waals surface area contributed by atoms with Crippen molar-refractivity contribution < 1.29 is 5.11 Å². The Hall–Kier alpha value is 0.660. The number of hydrogen-bond donors (Lipinski definition) is 2. The molecule has 62 valence electrons. The number of unbranched alkanes of at least 4 members (excludes halogenated alkanes) is 4. The molecule has 0 radical (unpaired) electrons. The Kier molecular flexibility index (Phi) is 10.3. The van der Waals surface area contributed by atoms with Gasteiger partial charge in [-0.25, -0.2) is 0 Å². The first kappa shape index (κ1) is 10.7. The van der Waals surface area contributed by atoms with Crippen LogP contribution in [0.4, 0.5) is 0 Å². The van der Waals surface area contributed by atoms with Gasteiger partial charge in [0.15, 0.2) is 0 Å². The molecule has 0 aromatic carbocycles. The summed E-state index contributed by atoms with van der Waals surface area (Å²) in [5, 5.41) is 8.45. The van der Waals surface area contributed by atoms with E-state index in [9.17, 15) is 0 Å². The van der Waals surface area contributed by atoms with Crippen molar-refractivity contribution in [1.29, 1.82) is 0 Å². The second-order valence-corrected chi connectivity index (χ2v) is 3.77. The summed E-state index contributed by atoms with van der Waals surface area (Å²) >= 11 is 4.04. The zero-order valence-corrected chi connectivity index (χ0v) is 7.96. The topological polar surface area (TPSA) is 20.2 Å². The van der Waals surface area contributed by atoms with Gasteiger partial charge in [-0.15, -0.1) is 11.7 Å². The molecule has 0 unspecified atom stereocenters. The molecule has 1 N–H and O–H groups in total. The lowest BCUT2D eigenvalue weighted by Crippen LogP contribution is -1.84. The average molecular weight is 180 g/mol. The third-order valence-corrected chi connectivity index (χ3v) is 2.41. The molecule has 0 bridgehead atoms. The molecule has 3 heteroatoms. The fraction of sp³-hybridized carbons (Fsp3) is 1.00. The summed E-state index contributed by atoms with van der Waals surface area (Å²) in [5.41, 5.74) is 0. The van der Waals surface area contributed by atoms with Crippen LogP contribution in [0.2, 0.25) is 0 Å². The highest BCUT2D eigenvalue weighted by molar-refractivity contribution is 8.68. The molecule has 0 saturated heterocycles. The monoisotopic (exact) mass is 180 g/mol. The first-order chi connectivity index (χ1) is 4.91. The van der Waals surface area contributed by atoms with Crippen LogP contribution in [0.5, 0.6) is 0 Å². The molecule has 0 aliphatic rings. The summed E-state index contributed by atoms with van der Waals surface area (Å²) in [6.45, 7) is 0.349. The summed E-state index contributed by atoms with van der Waals surface area (Å²) in [6.07, 6.45) is 5.95. The van der Waals surface area contributed by atoms with E-state index in [1.54, 1.807) is 10.8 Å². The molecule has 0 heterocycles. The van der Waals surface area contributed by atoms with E-state index in [0.717, 1.165) is 12.2 Å². The molecule has 0 spiro atoms. The number of aliphatic hydroxyl groups is 1. The highest BCUT2D eigenvalue weighted by atomic mass is 33.1. The molecule has 0 aromatic heterocycles. The minimum atomic E-state index is 0.349. The summed E-state index contributed by atoms with van der Waals surface area (Å²) in [5.74, 6) is 1.15. The Balaban J connectivity index is 2.65. The van der Waals surface area contributed by atoms with Crippen LogP contribution in [-0.2, 0) is 0 Å². The van der Waals surface area contributed by atoms with Gasteiger partial charge >= 0.3 is 0 Å². The van der Waals surface area contributed by atoms with E-state index in [-0.39, 0.29) is 0 Å². The highest BCUT2D eigenvalue weighted by Gasteiger charge is 1.88. The third kappa shape index (κ3) is 8.66. The summed E-state index contributed by atoms with van der Waals surface area (Å²) in [6, 6.07) is 0. The van der Waals surface area contributed by atoms with Gasteiger partial charge in [-0.2, -0.15) is 0 Å². The molecule has 10 heavy (non-hydrogen) atoms. The van der Waals surface area contributed by atoms with Crippen molar-refractivity contribution in [3.05, 3.63) is 0 Å². The number of hydrogen-bond acceptors (Lipinski definition) is 3. The number of thiol groups is 1. The van der Waals surface area contributed by atoms with Gasteiger partial charge in [0.05, 0.1) is 0 Å². The number of aliphatic hydroxyl groups excluding tert-OH is 1. The van der Waals surface area contributed by atoms with E-state index in [2.05, 4.69) is 11.7 Å². The molecule has 0 fully saturated rings. The smallest absolute Gasteiger partial charge is 0.0431 e. The molecular formula is C7H16OS2. The van der Waals surface area contributed by atoms with Crippen molar-refractivity contribution in [3.63, 3.8) is 0 Å². The Morgan fingerprint density at radius 3 is 2.20 bits per heavy atom. The van der Waals surface area contributed by atoms with Crippen molar-refractivity contribution in [2.45, 2.75) is 32.1 Å². The molecule has 0 aliphatic heterocycles. The third-order valence-electron chi connectivity index (χ3n) is 1.39. The first-order valence-corrected chi connectivity index (χ1v) is 5.83. The van der Waals surface area contributed by atoms with Crippen molar-refractivity contribution in [1.82, 2.24) is 0 Å². The van der Waals surface area contributed by atoms with E-state index >= 15 is 0 Å². The summed E-state index contributed by atoms with van der Waals surface area (Å²) in [4.78, 5) is 0. The molecule has 0 aromatic rings. The second-order valence-electron chi connectivity index (χ2n) is 2.32. The van der Waals surface area contributed by atoms with Crippen LogP contribution < -0.4 is 0 Å². The predicted molar refractivity (Wildman–Crippen MR) is 51.6 cm³/mol. The Morgan fingerprint density at radius 2 is 1.60 bits per heavy atom. The molecule has 0 rings (SSSR count). The van der Waals surface area contributed by atoms with Gasteiger partial charge in [0, 0.05) is 12.4 Å². The largest absolute Gasteiger partial charge is 0.396 e. The molecule has 1 nitrogen and oxygen atoms in total. The van der Waals surface area contributed by atoms with Gasteiger partial charge in [-0.1, -0.05) is 30.1 Å². The Labute approximate surface area is 72.4 Å². The van der Waals surface area contributed by atoms with Crippen molar-refractivity contribution in [3.8, 4) is 0 Å². The molecule has 0 amide bonds. The maximum absolute atomic E-state index is 8.45. The van der Waals surface area contributed by atoms with E-state index < -0.39 is 0 Å². The van der Waals surface area contributed by atoms with E-state index in [0.29, 0.717) is 6.61 Å². The minimum Gasteiger partial charge on any atom is -0.396 e. The van der Waals surface area contributed by atoms with Crippen LogP contribution in [0.15, 0.2) is 0 Å². The highest BCUT2D eigenvalue weighted by Crippen LogP contribution is 2.10. The maximum atomic E-state index is 8.45. The van der Waals surface area contributed by atoms with Crippen LogP contribution in [0.3, 0.4) is 0 Å². The van der Waals surface area contributed by atoms with E-state index in [1.807, 2.05) is 0 Å². The van der Waals surface area contributed by atoms with Crippen molar-refractivity contribution >= 4 is 22.5 Å². The summed E-state index contributed by atoms with van der Waals surface area (Å²) in [7, 11) is 1.61. The molecule has 0 atom stereocenters. The maximum Gasteiger partial charge on any atom is 0.0431 e. The van der Waals surface area contributed by atoms with E-state index in [1.165, 1.54) is 25.7 Å². The Morgan fingerprint density at radius 1 is 1.00 bits per heavy atom. The SMILES string of the molecule is OCCCCCCCSS. The zero-order chi connectivity index (χ0) is 7.66. The van der Waals surface area contributed by atoms with Crippen molar-refractivity contribution in [2.75, 3.05) is 12.4 Å². The van der Waals surface area contributed by atoms with Crippen LogP contribution >= 0.6 is 22.5 Å². The van der Waals surface area contributed by atoms with Gasteiger partial charge in [0.1, 0.15) is 0 Å². The fourth-order valence-electron chi connectivity index (χ4n) is 0.809. The summed E-state index contributed by atoms with van der Waals surface area (Å²) < 4.78 is 0. The zero-order valence-electron chi connectivity index (χ0n) is 6.25. The first-order valence-electron chi connectivity index (χ1n) is 3.79. The second kappa shape index (κ2) is 9.66. The lowest BCUT2D eigenvalue weighted by molar-refractivity contribution is 0.282. The normalized spacial score (nSPS) is 10.2. The average Bonchev–Trinajstić information content (AvgIpc) is 1.97. The standard InChI is InChI=1S/C7H16OS2/c8-6-4-2-1-3-5-7-10-9/h8-9H,1-7H2. The van der Waals surface area contributed by atoms with Gasteiger partial charge in [-0.3, -0.25) is 0 Å². The quantitative estimate of drug-likeness (QED) is 0.357. The Bertz CT molecular complexity index is 51.6. The number of rotatable bonds is 7. The fourth-order valence-corrected chi connectivity index (χ4v) is 1.53. The molecule has 0 saturated carbocycles. The van der Waals surface area contributed by atoms with Crippen molar-refractivity contribution in [2.24, 2.45) is 0 Å². The molecule has 0 aliphatic carbocycles. The lowest BCUT2D eigenvalue weighted by Gasteiger charge is -1.97. The molecular weight excluding hydrogens is 164 g/mol. The lowest BCUT2D eigenvalue weighted by atomic mass is 10.2.